The summed E-state index contributed by atoms with van der Waals surface area (Å²) in [5.41, 5.74) is 2.07. The molecule has 0 amide bonds. The highest BCUT2D eigenvalue weighted by atomic mass is 19.1. The zero-order valence-electron chi connectivity index (χ0n) is 16.8. The van der Waals surface area contributed by atoms with E-state index in [1.807, 2.05) is 22.8 Å². The summed E-state index contributed by atoms with van der Waals surface area (Å²) in [7, 11) is 0. The van der Waals surface area contributed by atoms with E-state index in [0.717, 1.165) is 5.69 Å². The second-order valence-corrected chi connectivity index (χ2v) is 7.13. The average Bonchev–Trinajstić information content (AvgIpc) is 3.14. The molecule has 0 fully saturated rings. The third-order valence-electron chi connectivity index (χ3n) is 4.90. The molecule has 0 radical (unpaired) electrons. The smallest absolute Gasteiger partial charge is 0.457 e. The fraction of sp³-hybridized carbons (Fsp3) is 0.125. The van der Waals surface area contributed by atoms with Gasteiger partial charge in [0.15, 0.2) is 0 Å². The van der Waals surface area contributed by atoms with Crippen LogP contribution < -0.4 is 9.47 Å². The van der Waals surface area contributed by atoms with Gasteiger partial charge < -0.3 is 29.4 Å². The van der Waals surface area contributed by atoms with Crippen molar-refractivity contribution in [1.29, 1.82) is 0 Å². The minimum Gasteiger partial charge on any atom is -0.457 e. The molecule has 3 aromatic carbocycles. The van der Waals surface area contributed by atoms with Gasteiger partial charge in [0.25, 0.3) is 0 Å². The van der Waals surface area contributed by atoms with Gasteiger partial charge in [0, 0.05) is 23.7 Å². The molecule has 0 saturated heterocycles. The van der Waals surface area contributed by atoms with Crippen LogP contribution in [-0.4, -0.2) is 38.8 Å². The van der Waals surface area contributed by atoms with Gasteiger partial charge in [0.05, 0.1) is 18.2 Å². The van der Waals surface area contributed by atoms with Crippen molar-refractivity contribution in [3.63, 3.8) is 0 Å². The van der Waals surface area contributed by atoms with E-state index in [4.69, 9.17) is 14.6 Å². The quantitative estimate of drug-likeness (QED) is 0.290. The third kappa shape index (κ3) is 4.56. The highest BCUT2D eigenvalue weighted by molar-refractivity contribution is 5.92. The molecule has 0 unspecified atom stereocenters. The lowest BCUT2D eigenvalue weighted by molar-refractivity contribution is 0.0957. The lowest BCUT2D eigenvalue weighted by atomic mass is 10.1. The van der Waals surface area contributed by atoms with Crippen LogP contribution >= 0.6 is 0 Å². The van der Waals surface area contributed by atoms with Gasteiger partial charge >= 0.3 is 6.16 Å². The molecule has 4 aromatic rings. The number of carboxylic acid groups (broad SMARTS) is 1. The Morgan fingerprint density at radius 3 is 2.28 bits per heavy atom. The number of rotatable bonds is 7. The van der Waals surface area contributed by atoms with E-state index in [9.17, 15) is 19.4 Å². The van der Waals surface area contributed by atoms with Crippen LogP contribution in [0.15, 0.2) is 72.9 Å². The van der Waals surface area contributed by atoms with E-state index in [2.05, 4.69) is 0 Å². The minimum absolute atomic E-state index is 0.117. The van der Waals surface area contributed by atoms with E-state index in [1.54, 1.807) is 24.4 Å². The molecule has 1 heterocycles. The predicted octanol–water partition coefficient (Wildman–Crippen LogP) is 4.51. The first-order chi connectivity index (χ1) is 15.4. The highest BCUT2D eigenvalue weighted by Crippen LogP contribution is 2.34. The van der Waals surface area contributed by atoms with Crippen LogP contribution in [0.1, 0.15) is 5.56 Å². The third-order valence-corrected chi connectivity index (χ3v) is 4.90. The van der Waals surface area contributed by atoms with Crippen molar-refractivity contribution >= 4 is 17.1 Å². The molecule has 4 rings (SSSR count). The maximum Gasteiger partial charge on any atom is 0.511 e. The Kier molecular flexibility index (Phi) is 6.07. The van der Waals surface area contributed by atoms with Gasteiger partial charge in [-0.2, -0.15) is 0 Å². The van der Waals surface area contributed by atoms with Crippen molar-refractivity contribution in [2.24, 2.45) is 0 Å². The molecule has 164 valence electrons. The van der Waals surface area contributed by atoms with Crippen LogP contribution in [0.3, 0.4) is 0 Å². The lowest BCUT2D eigenvalue weighted by Gasteiger charge is -2.09. The summed E-state index contributed by atoms with van der Waals surface area (Å²) >= 11 is 0. The van der Waals surface area contributed by atoms with Crippen LogP contribution in [0.25, 0.3) is 16.6 Å². The fourth-order valence-corrected chi connectivity index (χ4v) is 3.51. The lowest BCUT2D eigenvalue weighted by Crippen LogP contribution is -2.15. The first-order valence-corrected chi connectivity index (χ1v) is 9.81. The molecule has 0 aliphatic rings. The SMILES string of the molecule is O=C(O)Oc1cccc2c1c(C[C@H](O)CO)cn2-c1ccc(Oc2ccc(F)cc2)cc1. The van der Waals surface area contributed by atoms with Crippen molar-refractivity contribution in [1.82, 2.24) is 4.57 Å². The first-order valence-electron chi connectivity index (χ1n) is 9.81. The number of aliphatic hydroxyl groups excluding tert-OH is 2. The molecule has 0 bridgehead atoms. The molecule has 1 atom stereocenters. The molecule has 32 heavy (non-hydrogen) atoms. The van der Waals surface area contributed by atoms with Gasteiger partial charge in [-0.15, -0.1) is 0 Å². The molecule has 7 nitrogen and oxygen atoms in total. The summed E-state index contributed by atoms with van der Waals surface area (Å²) in [6.07, 6.45) is -0.556. The molecule has 0 saturated carbocycles. The highest BCUT2D eigenvalue weighted by Gasteiger charge is 2.18. The van der Waals surface area contributed by atoms with Gasteiger partial charge in [0.1, 0.15) is 23.1 Å². The zero-order valence-corrected chi connectivity index (χ0v) is 16.8. The van der Waals surface area contributed by atoms with Crippen LogP contribution in [0.2, 0.25) is 0 Å². The minimum atomic E-state index is -1.44. The molecular weight excluding hydrogens is 417 g/mol. The molecule has 8 heteroatoms. The van der Waals surface area contributed by atoms with Gasteiger partial charge in [-0.05, 0) is 66.2 Å². The first kappa shape index (κ1) is 21.4. The fourth-order valence-electron chi connectivity index (χ4n) is 3.51. The molecular formula is C24H20FNO6. The molecule has 1 aromatic heterocycles. The normalized spacial score (nSPS) is 12.0. The molecule has 0 aliphatic heterocycles. The van der Waals surface area contributed by atoms with Crippen molar-refractivity contribution in [3.8, 4) is 22.9 Å². The topological polar surface area (TPSA) is 101 Å². The number of nitrogens with zero attached hydrogens (tertiary/aromatic N) is 1. The van der Waals surface area contributed by atoms with Crippen LogP contribution in [-0.2, 0) is 6.42 Å². The zero-order chi connectivity index (χ0) is 22.7. The van der Waals surface area contributed by atoms with Crippen molar-refractivity contribution in [2.45, 2.75) is 12.5 Å². The summed E-state index contributed by atoms with van der Waals surface area (Å²) in [5, 5.41) is 28.8. The van der Waals surface area contributed by atoms with E-state index in [1.165, 1.54) is 30.3 Å². The number of halogens is 1. The predicted molar refractivity (Wildman–Crippen MR) is 115 cm³/mol. The number of aliphatic hydroxyl groups is 2. The van der Waals surface area contributed by atoms with E-state index in [-0.39, 0.29) is 18.0 Å². The number of carbonyl (C=O) groups is 1. The maximum absolute atomic E-state index is 13.1. The molecule has 3 N–H and O–H groups in total. The van der Waals surface area contributed by atoms with Crippen LogP contribution in [0, 0.1) is 5.82 Å². The second kappa shape index (κ2) is 9.09. The number of aromatic nitrogens is 1. The molecule has 0 spiro atoms. The van der Waals surface area contributed by atoms with Crippen molar-refractivity contribution < 1.29 is 34.0 Å². The summed E-state index contributed by atoms with van der Waals surface area (Å²) in [6, 6.07) is 17.9. The van der Waals surface area contributed by atoms with Crippen LogP contribution in [0.5, 0.6) is 17.2 Å². The number of hydrogen-bond acceptors (Lipinski definition) is 5. The van der Waals surface area contributed by atoms with E-state index < -0.39 is 18.9 Å². The Hall–Kier alpha value is -3.88. The Morgan fingerprint density at radius 1 is 1.00 bits per heavy atom. The van der Waals surface area contributed by atoms with E-state index >= 15 is 0 Å². The van der Waals surface area contributed by atoms with Gasteiger partial charge in [-0.25, -0.2) is 9.18 Å². The molecule has 0 aliphatic carbocycles. The van der Waals surface area contributed by atoms with Gasteiger partial charge in [-0.1, -0.05) is 6.07 Å². The number of benzene rings is 3. The Morgan fingerprint density at radius 2 is 1.66 bits per heavy atom. The summed E-state index contributed by atoms with van der Waals surface area (Å²) in [4.78, 5) is 11.1. The summed E-state index contributed by atoms with van der Waals surface area (Å²) in [6.45, 7) is -0.427. The largest absolute Gasteiger partial charge is 0.511 e. The van der Waals surface area contributed by atoms with Gasteiger partial charge in [-0.3, -0.25) is 0 Å². The summed E-state index contributed by atoms with van der Waals surface area (Å²) in [5.74, 6) is 0.856. The monoisotopic (exact) mass is 437 g/mol. The van der Waals surface area contributed by atoms with Crippen LogP contribution in [0.4, 0.5) is 9.18 Å². The van der Waals surface area contributed by atoms with Crippen molar-refractivity contribution in [3.05, 3.63) is 84.3 Å². The second-order valence-electron chi connectivity index (χ2n) is 7.13. The number of fused-ring (bicyclic) bond motifs is 1. The Balaban J connectivity index is 1.71. The Bertz CT molecular complexity index is 1230. The average molecular weight is 437 g/mol. The number of hydrogen-bond donors (Lipinski definition) is 3. The van der Waals surface area contributed by atoms with Gasteiger partial charge in [0.2, 0.25) is 0 Å². The Labute approximate surface area is 182 Å². The maximum atomic E-state index is 13.1. The van der Waals surface area contributed by atoms with E-state index in [0.29, 0.717) is 28.0 Å². The summed E-state index contributed by atoms with van der Waals surface area (Å²) < 4.78 is 25.6. The number of ether oxygens (including phenoxy) is 2. The standard InChI is InChI=1S/C24H20FNO6/c25-16-4-8-19(9-5-16)31-20-10-6-17(7-11-20)26-13-15(12-18(28)14-27)23-21(26)2-1-3-22(23)32-24(29)30/h1-11,13,18,27-28H,12,14H2,(H,29,30)/t18-/m0/s1. The van der Waals surface area contributed by atoms with Crippen molar-refractivity contribution in [2.75, 3.05) is 6.61 Å².